The number of aliphatic carboxylic acids is 4. The van der Waals surface area contributed by atoms with Gasteiger partial charge in [-0.15, -0.1) is 15.8 Å². The molecule has 0 aliphatic rings. The van der Waals surface area contributed by atoms with Crippen molar-refractivity contribution < 1.29 is 39.6 Å². The second-order valence-corrected chi connectivity index (χ2v) is 18.0. The third-order valence-electron chi connectivity index (χ3n) is 8.41. The Hall–Kier alpha value is -1.26. The van der Waals surface area contributed by atoms with Crippen molar-refractivity contribution in [3.63, 3.8) is 0 Å². The third kappa shape index (κ3) is 35.4. The number of carbonyl (C=O) groups is 4. The van der Waals surface area contributed by atoms with Crippen molar-refractivity contribution in [2.75, 3.05) is 37.0 Å². The van der Waals surface area contributed by atoms with Gasteiger partial charge in [-0.1, -0.05) is 77.0 Å². The molecule has 0 aliphatic carbocycles. The van der Waals surface area contributed by atoms with Crippen LogP contribution in [0.2, 0.25) is 0 Å². The highest BCUT2D eigenvalue weighted by atomic mass is 31.1. The van der Waals surface area contributed by atoms with Gasteiger partial charge >= 0.3 is 23.9 Å². The van der Waals surface area contributed by atoms with Crippen LogP contribution in [0, 0.1) is 0 Å². The first-order valence-electron chi connectivity index (χ1n) is 18.0. The SMILES string of the molecule is O=C(O)CCCCCCCP(CCCCCCCC(=O)O)CCCP(CCCCCCCC(=O)O)CCCCCCCC(=O)O. The highest BCUT2D eigenvalue weighted by Gasteiger charge is 2.12. The predicted octanol–water partition coefficient (Wildman–Crippen LogP) is 10.0. The quantitative estimate of drug-likeness (QED) is 0.0378. The number of hydrogen-bond acceptors (Lipinski definition) is 4. The van der Waals surface area contributed by atoms with E-state index in [4.69, 9.17) is 20.4 Å². The Bertz CT molecular complexity index is 633. The van der Waals surface area contributed by atoms with E-state index in [0.717, 1.165) is 77.0 Å². The van der Waals surface area contributed by atoms with Crippen LogP contribution in [-0.4, -0.2) is 81.3 Å². The highest BCUT2D eigenvalue weighted by Crippen LogP contribution is 2.43. The molecule has 0 spiro atoms. The smallest absolute Gasteiger partial charge is 0.303 e. The zero-order valence-electron chi connectivity index (χ0n) is 28.2. The fourth-order valence-electron chi connectivity index (χ4n) is 5.76. The molecule has 0 aromatic rings. The average molecular weight is 677 g/mol. The van der Waals surface area contributed by atoms with Crippen LogP contribution in [0.5, 0.6) is 0 Å². The maximum Gasteiger partial charge on any atom is 0.303 e. The van der Waals surface area contributed by atoms with Crippen LogP contribution < -0.4 is 0 Å². The standard InChI is InChI=1S/C35H66O8P2/c36-32(37)22-13-5-1-9-17-26-44(27-18-10-2-6-14-23-33(38)39)30-21-31-45(28-19-11-3-7-15-24-34(40)41)29-20-12-4-8-16-25-35(42)43/h1-31H2,(H,36,37)(H,38,39)(H,40,41)(H,42,43). The summed E-state index contributed by atoms with van der Waals surface area (Å²) in [5, 5.41) is 35.4. The Balaban J connectivity index is 4.64. The van der Waals surface area contributed by atoms with Crippen molar-refractivity contribution in [3.05, 3.63) is 0 Å². The second kappa shape index (κ2) is 32.7. The summed E-state index contributed by atoms with van der Waals surface area (Å²) in [7, 11) is 0.0172. The van der Waals surface area contributed by atoms with E-state index in [1.807, 2.05) is 0 Å². The molecule has 0 aromatic carbocycles. The van der Waals surface area contributed by atoms with Crippen molar-refractivity contribution in [2.45, 2.75) is 161 Å². The molecule has 0 saturated carbocycles. The minimum Gasteiger partial charge on any atom is -0.481 e. The predicted molar refractivity (Wildman–Crippen MR) is 189 cm³/mol. The molecule has 0 atom stereocenters. The van der Waals surface area contributed by atoms with Gasteiger partial charge < -0.3 is 20.4 Å². The first-order chi connectivity index (χ1) is 21.7. The molecule has 0 fully saturated rings. The molecule has 0 saturated heterocycles. The van der Waals surface area contributed by atoms with Gasteiger partial charge in [0.15, 0.2) is 0 Å². The van der Waals surface area contributed by atoms with Crippen LogP contribution in [-0.2, 0) is 19.2 Å². The van der Waals surface area contributed by atoms with E-state index in [-0.39, 0.29) is 41.5 Å². The summed E-state index contributed by atoms with van der Waals surface area (Å²) in [5.41, 5.74) is 0. The molecular weight excluding hydrogens is 610 g/mol. The molecule has 0 rings (SSSR count). The Morgan fingerprint density at radius 1 is 0.267 bits per heavy atom. The van der Waals surface area contributed by atoms with E-state index >= 15 is 0 Å². The Kier molecular flexibility index (Phi) is 31.8. The molecule has 0 heterocycles. The van der Waals surface area contributed by atoms with Gasteiger partial charge in [-0.2, -0.15) is 0 Å². The van der Waals surface area contributed by atoms with E-state index in [1.54, 1.807) is 0 Å². The number of carboxylic acids is 4. The first kappa shape index (κ1) is 43.7. The Morgan fingerprint density at radius 3 is 0.667 bits per heavy atom. The lowest BCUT2D eigenvalue weighted by Gasteiger charge is -2.22. The van der Waals surface area contributed by atoms with E-state index in [0.29, 0.717) is 0 Å². The first-order valence-corrected chi connectivity index (χ1v) is 21.8. The van der Waals surface area contributed by atoms with Gasteiger partial charge in [0, 0.05) is 25.7 Å². The number of rotatable bonds is 36. The van der Waals surface area contributed by atoms with Crippen molar-refractivity contribution in [2.24, 2.45) is 0 Å². The minimum absolute atomic E-state index is 0.00860. The normalized spacial score (nSPS) is 11.4. The molecule has 0 unspecified atom stereocenters. The summed E-state index contributed by atoms with van der Waals surface area (Å²) in [4.78, 5) is 43.0. The van der Waals surface area contributed by atoms with Gasteiger partial charge in [-0.25, -0.2) is 0 Å². The van der Waals surface area contributed by atoms with Crippen LogP contribution in [0.1, 0.15) is 161 Å². The number of hydrogen-bond donors (Lipinski definition) is 4. The molecule has 0 aliphatic heterocycles. The van der Waals surface area contributed by atoms with Crippen molar-refractivity contribution in [3.8, 4) is 0 Å². The molecule has 4 N–H and O–H groups in total. The monoisotopic (exact) mass is 676 g/mol. The summed E-state index contributed by atoms with van der Waals surface area (Å²) in [5.74, 6) is -2.80. The fourth-order valence-corrected chi connectivity index (χ4v) is 11.2. The largest absolute Gasteiger partial charge is 0.481 e. The maximum atomic E-state index is 10.7. The Morgan fingerprint density at radius 2 is 0.444 bits per heavy atom. The molecule has 8 nitrogen and oxygen atoms in total. The molecule has 264 valence electrons. The number of carboxylic acid groups (broad SMARTS) is 4. The third-order valence-corrected chi connectivity index (χ3v) is 14.1. The molecule has 0 amide bonds. The van der Waals surface area contributed by atoms with Gasteiger partial charge in [0.05, 0.1) is 0 Å². The van der Waals surface area contributed by atoms with Crippen molar-refractivity contribution >= 4 is 39.7 Å². The van der Waals surface area contributed by atoms with Gasteiger partial charge in [0.25, 0.3) is 0 Å². The molecule has 0 aromatic heterocycles. The molecule has 10 heteroatoms. The molecule has 0 radical (unpaired) electrons. The highest BCUT2D eigenvalue weighted by molar-refractivity contribution is 7.58. The van der Waals surface area contributed by atoms with Gasteiger partial charge in [-0.05, 0) is 94.8 Å². The van der Waals surface area contributed by atoms with Gasteiger partial charge in [-0.3, -0.25) is 19.2 Å². The van der Waals surface area contributed by atoms with Crippen LogP contribution in [0.25, 0.3) is 0 Å². The van der Waals surface area contributed by atoms with Crippen molar-refractivity contribution in [1.29, 1.82) is 0 Å². The lowest BCUT2D eigenvalue weighted by Crippen LogP contribution is -2.02. The van der Waals surface area contributed by atoms with E-state index in [1.165, 1.54) is 94.8 Å². The van der Waals surface area contributed by atoms with E-state index < -0.39 is 23.9 Å². The molecular formula is C35H66O8P2. The maximum absolute atomic E-state index is 10.7. The van der Waals surface area contributed by atoms with E-state index in [2.05, 4.69) is 0 Å². The second-order valence-electron chi connectivity index (χ2n) is 12.7. The van der Waals surface area contributed by atoms with Gasteiger partial charge in [0.1, 0.15) is 0 Å². The average Bonchev–Trinajstić information content (AvgIpc) is 2.97. The summed E-state index contributed by atoms with van der Waals surface area (Å²) >= 11 is 0. The summed E-state index contributed by atoms with van der Waals surface area (Å²) in [6.07, 6.45) is 31.7. The van der Waals surface area contributed by atoms with Crippen LogP contribution >= 0.6 is 15.8 Å². The zero-order valence-corrected chi connectivity index (χ0v) is 30.0. The summed E-state index contributed by atoms with van der Waals surface area (Å²) in [6.45, 7) is 0. The topological polar surface area (TPSA) is 149 Å². The number of unbranched alkanes of at least 4 members (excludes halogenated alkanes) is 16. The summed E-state index contributed by atoms with van der Waals surface area (Å²) in [6, 6.07) is 0. The van der Waals surface area contributed by atoms with Gasteiger partial charge in [0.2, 0.25) is 0 Å². The van der Waals surface area contributed by atoms with Crippen LogP contribution in [0.15, 0.2) is 0 Å². The lowest BCUT2D eigenvalue weighted by molar-refractivity contribution is -0.138. The van der Waals surface area contributed by atoms with Crippen LogP contribution in [0.3, 0.4) is 0 Å². The fraction of sp³-hybridized carbons (Fsp3) is 0.886. The zero-order chi connectivity index (χ0) is 33.4. The van der Waals surface area contributed by atoms with Crippen LogP contribution in [0.4, 0.5) is 0 Å². The van der Waals surface area contributed by atoms with Crippen molar-refractivity contribution in [1.82, 2.24) is 0 Å². The summed E-state index contributed by atoms with van der Waals surface area (Å²) < 4.78 is 0. The lowest BCUT2D eigenvalue weighted by atomic mass is 10.1. The minimum atomic E-state index is -0.701. The Labute approximate surface area is 276 Å². The molecule has 45 heavy (non-hydrogen) atoms. The molecule has 0 bridgehead atoms. The van der Waals surface area contributed by atoms with E-state index in [9.17, 15) is 19.2 Å².